The Bertz CT molecular complexity index is 1230. The van der Waals surface area contributed by atoms with Crippen molar-refractivity contribution in [3.63, 3.8) is 0 Å². The Kier molecular flexibility index (Phi) is 7.26. The summed E-state index contributed by atoms with van der Waals surface area (Å²) in [5.41, 5.74) is 4.91. The average molecular weight is 533 g/mol. The van der Waals surface area contributed by atoms with Gasteiger partial charge < -0.3 is 15.2 Å². The number of rotatable bonds is 8. The summed E-state index contributed by atoms with van der Waals surface area (Å²) in [6.07, 6.45) is 1.24. The molecular weight excluding hydrogens is 516 g/mol. The molecule has 3 N–H and O–H groups in total. The Morgan fingerprint density at radius 1 is 1.21 bits per heavy atom. The van der Waals surface area contributed by atoms with Crippen molar-refractivity contribution in [2.24, 2.45) is 5.73 Å². The number of carbonyl (C=O) groups excluding carboxylic acids is 4. The standard InChI is InChI=1S/C21H17BrN4O8/c1-2-33-16-9-11(8-15(22)18(16)34-10-17(23)27)7-14-19(28)24-21(30)25(20(14)29)12-3-5-13(6-4-12)26(31)32/h3-9H,2,10H2,1H3,(H2,23,27)(H,24,28,30)/b14-7+. The Morgan fingerprint density at radius 3 is 2.47 bits per heavy atom. The fraction of sp³-hybridized carbons (Fsp3) is 0.143. The van der Waals surface area contributed by atoms with Crippen LogP contribution in [0.4, 0.5) is 16.2 Å². The van der Waals surface area contributed by atoms with Crippen molar-refractivity contribution in [1.29, 1.82) is 0 Å². The zero-order chi connectivity index (χ0) is 25.0. The second-order valence-electron chi connectivity index (χ2n) is 6.75. The summed E-state index contributed by atoms with van der Waals surface area (Å²) in [7, 11) is 0. The van der Waals surface area contributed by atoms with E-state index in [9.17, 15) is 29.3 Å². The smallest absolute Gasteiger partial charge is 0.335 e. The molecule has 0 bridgehead atoms. The largest absolute Gasteiger partial charge is 0.490 e. The van der Waals surface area contributed by atoms with Crippen LogP contribution in [-0.4, -0.2) is 41.9 Å². The first-order chi connectivity index (χ1) is 16.1. The van der Waals surface area contributed by atoms with E-state index in [0.29, 0.717) is 14.9 Å². The van der Waals surface area contributed by atoms with Gasteiger partial charge in [-0.2, -0.15) is 0 Å². The van der Waals surface area contributed by atoms with Gasteiger partial charge in [0.05, 0.1) is 21.7 Å². The van der Waals surface area contributed by atoms with Gasteiger partial charge in [-0.05, 0) is 58.8 Å². The molecule has 1 heterocycles. The molecule has 5 amide bonds. The van der Waals surface area contributed by atoms with Crippen molar-refractivity contribution in [2.45, 2.75) is 6.92 Å². The van der Waals surface area contributed by atoms with E-state index < -0.39 is 35.3 Å². The maximum absolute atomic E-state index is 13.0. The third kappa shape index (κ3) is 5.20. The van der Waals surface area contributed by atoms with Gasteiger partial charge >= 0.3 is 6.03 Å². The maximum atomic E-state index is 13.0. The molecule has 1 aliphatic rings. The topological polar surface area (TPSA) is 171 Å². The van der Waals surface area contributed by atoms with Gasteiger partial charge in [0.1, 0.15) is 5.57 Å². The van der Waals surface area contributed by atoms with Gasteiger partial charge in [-0.15, -0.1) is 0 Å². The van der Waals surface area contributed by atoms with E-state index in [2.05, 4.69) is 21.2 Å². The van der Waals surface area contributed by atoms with Gasteiger partial charge in [0.15, 0.2) is 18.1 Å². The summed E-state index contributed by atoms with van der Waals surface area (Å²) in [6.45, 7) is 1.58. The summed E-state index contributed by atoms with van der Waals surface area (Å²) in [6, 6.07) is 6.70. The van der Waals surface area contributed by atoms with Crippen LogP contribution in [0.5, 0.6) is 11.5 Å². The number of hydrogen-bond donors (Lipinski definition) is 2. The SMILES string of the molecule is CCOc1cc(/C=C2\C(=O)NC(=O)N(c3ccc([N+](=O)[O-])cc3)C2=O)cc(Br)c1OCC(N)=O. The highest BCUT2D eigenvalue weighted by Gasteiger charge is 2.37. The highest BCUT2D eigenvalue weighted by molar-refractivity contribution is 9.10. The molecule has 0 aromatic heterocycles. The summed E-state index contributed by atoms with van der Waals surface area (Å²) in [5, 5.41) is 12.9. The number of urea groups is 1. The van der Waals surface area contributed by atoms with Gasteiger partial charge in [0.2, 0.25) is 0 Å². The van der Waals surface area contributed by atoms with Gasteiger partial charge in [-0.25, -0.2) is 9.69 Å². The normalized spacial score (nSPS) is 14.7. The maximum Gasteiger partial charge on any atom is 0.335 e. The van der Waals surface area contributed by atoms with Crippen LogP contribution in [0.2, 0.25) is 0 Å². The fourth-order valence-corrected chi connectivity index (χ4v) is 3.57. The van der Waals surface area contributed by atoms with E-state index in [-0.39, 0.29) is 35.1 Å². The number of amides is 5. The number of ether oxygens (including phenoxy) is 2. The minimum atomic E-state index is -0.993. The lowest BCUT2D eigenvalue weighted by molar-refractivity contribution is -0.384. The van der Waals surface area contributed by atoms with Crippen LogP contribution >= 0.6 is 15.9 Å². The molecule has 2 aromatic rings. The molecule has 12 nitrogen and oxygen atoms in total. The number of hydrogen-bond acceptors (Lipinski definition) is 8. The molecule has 1 saturated heterocycles. The molecule has 0 radical (unpaired) electrons. The molecule has 2 aromatic carbocycles. The third-order valence-corrected chi connectivity index (χ3v) is 5.01. The first-order valence-electron chi connectivity index (χ1n) is 9.65. The Labute approximate surface area is 200 Å². The Morgan fingerprint density at radius 2 is 1.88 bits per heavy atom. The molecular formula is C21H17BrN4O8. The lowest BCUT2D eigenvalue weighted by Gasteiger charge is -2.26. The van der Waals surface area contributed by atoms with E-state index in [4.69, 9.17) is 15.2 Å². The number of halogens is 1. The van der Waals surface area contributed by atoms with Crippen LogP contribution in [0.1, 0.15) is 12.5 Å². The Balaban J connectivity index is 1.99. The molecule has 1 aliphatic heterocycles. The number of nitro benzene ring substituents is 1. The van der Waals surface area contributed by atoms with Crippen molar-refractivity contribution < 1.29 is 33.6 Å². The van der Waals surface area contributed by atoms with Crippen molar-refractivity contribution >= 4 is 57.1 Å². The highest BCUT2D eigenvalue weighted by Crippen LogP contribution is 2.38. The molecule has 13 heteroatoms. The molecule has 176 valence electrons. The number of benzene rings is 2. The first kappa shape index (κ1) is 24.4. The minimum absolute atomic E-state index is 0.0397. The predicted molar refractivity (Wildman–Crippen MR) is 122 cm³/mol. The van der Waals surface area contributed by atoms with Gasteiger partial charge in [0.25, 0.3) is 23.4 Å². The van der Waals surface area contributed by atoms with E-state index in [0.717, 1.165) is 12.1 Å². The van der Waals surface area contributed by atoms with Crippen molar-refractivity contribution in [2.75, 3.05) is 18.1 Å². The predicted octanol–water partition coefficient (Wildman–Crippen LogP) is 2.29. The first-order valence-corrected chi connectivity index (χ1v) is 10.4. The zero-order valence-corrected chi connectivity index (χ0v) is 19.2. The summed E-state index contributed by atoms with van der Waals surface area (Å²) in [4.78, 5) is 59.8. The number of carbonyl (C=O) groups is 4. The minimum Gasteiger partial charge on any atom is -0.490 e. The number of nitrogens with one attached hydrogen (secondary N) is 1. The van der Waals surface area contributed by atoms with Crippen LogP contribution in [0.3, 0.4) is 0 Å². The fourth-order valence-electron chi connectivity index (χ4n) is 3.00. The molecule has 0 saturated carbocycles. The molecule has 1 fully saturated rings. The lowest BCUT2D eigenvalue weighted by Crippen LogP contribution is -2.54. The quantitative estimate of drug-likeness (QED) is 0.225. The molecule has 3 rings (SSSR count). The average Bonchev–Trinajstić information content (AvgIpc) is 2.76. The van der Waals surface area contributed by atoms with E-state index in [1.54, 1.807) is 6.92 Å². The second kappa shape index (κ2) is 10.1. The third-order valence-electron chi connectivity index (χ3n) is 4.42. The van der Waals surface area contributed by atoms with Crippen LogP contribution in [0.15, 0.2) is 46.4 Å². The molecule has 0 atom stereocenters. The van der Waals surface area contributed by atoms with E-state index >= 15 is 0 Å². The highest BCUT2D eigenvalue weighted by atomic mass is 79.9. The number of anilines is 1. The molecule has 0 aliphatic carbocycles. The summed E-state index contributed by atoms with van der Waals surface area (Å²) < 4.78 is 11.3. The van der Waals surface area contributed by atoms with Gasteiger partial charge in [-0.3, -0.25) is 29.8 Å². The van der Waals surface area contributed by atoms with E-state index in [1.165, 1.54) is 30.3 Å². The number of primary amides is 1. The van der Waals surface area contributed by atoms with Crippen LogP contribution in [-0.2, 0) is 14.4 Å². The van der Waals surface area contributed by atoms with Crippen LogP contribution < -0.4 is 25.4 Å². The molecule has 0 unspecified atom stereocenters. The van der Waals surface area contributed by atoms with Crippen molar-refractivity contribution in [1.82, 2.24) is 5.32 Å². The lowest BCUT2D eigenvalue weighted by atomic mass is 10.1. The van der Waals surface area contributed by atoms with E-state index in [1.807, 2.05) is 0 Å². The number of nitrogens with zero attached hydrogens (tertiary/aromatic N) is 2. The summed E-state index contributed by atoms with van der Waals surface area (Å²) in [5.74, 6) is -2.12. The van der Waals surface area contributed by atoms with Gasteiger partial charge in [-0.1, -0.05) is 0 Å². The number of imide groups is 2. The molecule has 0 spiro atoms. The second-order valence-corrected chi connectivity index (χ2v) is 7.60. The zero-order valence-electron chi connectivity index (χ0n) is 17.6. The monoisotopic (exact) mass is 532 g/mol. The van der Waals surface area contributed by atoms with Crippen molar-refractivity contribution in [3.05, 3.63) is 62.1 Å². The number of barbiturate groups is 1. The van der Waals surface area contributed by atoms with Gasteiger partial charge in [0, 0.05) is 12.1 Å². The number of non-ortho nitro benzene ring substituents is 1. The van der Waals surface area contributed by atoms with Crippen LogP contribution in [0, 0.1) is 10.1 Å². The number of nitro groups is 1. The Hall–Kier alpha value is -4.26. The number of nitrogens with two attached hydrogens (primary N) is 1. The van der Waals surface area contributed by atoms with Crippen LogP contribution in [0.25, 0.3) is 6.08 Å². The summed E-state index contributed by atoms with van der Waals surface area (Å²) >= 11 is 3.30. The molecule has 34 heavy (non-hydrogen) atoms. The van der Waals surface area contributed by atoms with Crippen molar-refractivity contribution in [3.8, 4) is 11.5 Å².